The van der Waals surface area contributed by atoms with Crippen molar-refractivity contribution in [2.75, 3.05) is 12.3 Å². The summed E-state index contributed by atoms with van der Waals surface area (Å²) >= 11 is 1.14. The number of carbonyl (C=O) groups is 4. The molecule has 0 heterocycles. The number of benzene rings is 2. The van der Waals surface area contributed by atoms with Crippen LogP contribution in [0, 0.1) is 0 Å². The van der Waals surface area contributed by atoms with Gasteiger partial charge in [0.25, 0.3) is 0 Å². The second-order valence-corrected chi connectivity index (χ2v) is 8.48. The van der Waals surface area contributed by atoms with Crippen molar-refractivity contribution in [1.29, 1.82) is 0 Å². The van der Waals surface area contributed by atoms with Crippen LogP contribution in [0.4, 0.5) is 4.79 Å². The minimum absolute atomic E-state index is 0.0830. The Hall–Kier alpha value is -3.33. The van der Waals surface area contributed by atoms with Crippen molar-refractivity contribution in [2.45, 2.75) is 39.0 Å². The molecule has 3 N–H and O–H groups in total. The van der Waals surface area contributed by atoms with E-state index in [0.29, 0.717) is 12.2 Å². The van der Waals surface area contributed by atoms with Crippen LogP contribution >= 0.6 is 11.8 Å². The van der Waals surface area contributed by atoms with Gasteiger partial charge in [-0.05, 0) is 23.8 Å². The minimum Gasteiger partial charge on any atom is -0.445 e. The Labute approximate surface area is 197 Å². The van der Waals surface area contributed by atoms with E-state index in [-0.39, 0.29) is 18.3 Å². The number of amides is 3. The molecule has 2 atom stereocenters. The molecule has 2 rings (SSSR count). The van der Waals surface area contributed by atoms with Crippen molar-refractivity contribution < 1.29 is 23.9 Å². The normalized spacial score (nSPS) is 12.2. The van der Waals surface area contributed by atoms with Gasteiger partial charge in [0.05, 0.1) is 0 Å². The van der Waals surface area contributed by atoms with E-state index in [4.69, 9.17) is 4.74 Å². The first kappa shape index (κ1) is 25.9. The molecule has 0 aromatic heterocycles. The quantitative estimate of drug-likeness (QED) is 0.464. The van der Waals surface area contributed by atoms with E-state index < -0.39 is 30.0 Å². The standard InChI is InChI=1S/C24H29N3O5S/c1-3-33-23(30)20(14-18-10-6-4-7-11-18)27-22(29)17(2)26-21(28)15-25-24(31)32-16-19-12-8-5-9-13-19/h4-13,17,20H,3,14-16H2,1-2H3,(H,25,31)(H,26,28)(H,27,29)/t17-,20-/m0/s1. The number of carbonyl (C=O) groups excluding carboxylic acids is 4. The molecule has 2 aromatic rings. The SMILES string of the molecule is CCSC(=O)[C@H](Cc1ccccc1)NC(=O)[C@H](C)NC(=O)CNC(=O)OCc1ccccc1. The average Bonchev–Trinajstić information content (AvgIpc) is 2.82. The fourth-order valence-corrected chi connectivity index (χ4v) is 3.50. The molecule has 0 saturated carbocycles. The number of hydrogen-bond acceptors (Lipinski definition) is 6. The maximum absolute atomic E-state index is 12.6. The van der Waals surface area contributed by atoms with E-state index in [1.165, 1.54) is 6.92 Å². The van der Waals surface area contributed by atoms with Crippen LogP contribution in [0.2, 0.25) is 0 Å². The van der Waals surface area contributed by atoms with E-state index in [1.54, 1.807) is 0 Å². The van der Waals surface area contributed by atoms with Crippen molar-refractivity contribution >= 4 is 34.8 Å². The lowest BCUT2D eigenvalue weighted by Gasteiger charge is -2.20. The van der Waals surface area contributed by atoms with Crippen LogP contribution in [0.3, 0.4) is 0 Å². The van der Waals surface area contributed by atoms with Crippen LogP contribution in [-0.2, 0) is 32.1 Å². The van der Waals surface area contributed by atoms with Crippen LogP contribution in [0.1, 0.15) is 25.0 Å². The first-order valence-electron chi connectivity index (χ1n) is 10.6. The highest BCUT2D eigenvalue weighted by Gasteiger charge is 2.24. The van der Waals surface area contributed by atoms with Gasteiger partial charge in [0.2, 0.25) is 16.9 Å². The Morgan fingerprint density at radius 3 is 2.12 bits per heavy atom. The summed E-state index contributed by atoms with van der Waals surface area (Å²) in [5.74, 6) is -0.442. The summed E-state index contributed by atoms with van der Waals surface area (Å²) < 4.78 is 5.04. The van der Waals surface area contributed by atoms with Crippen LogP contribution in [0.5, 0.6) is 0 Å². The maximum Gasteiger partial charge on any atom is 0.407 e. The highest BCUT2D eigenvalue weighted by atomic mass is 32.2. The lowest BCUT2D eigenvalue weighted by Crippen LogP contribution is -2.52. The molecule has 0 saturated heterocycles. The predicted molar refractivity (Wildman–Crippen MR) is 127 cm³/mol. The molecule has 0 unspecified atom stereocenters. The van der Waals surface area contributed by atoms with Gasteiger partial charge in [-0.3, -0.25) is 14.4 Å². The second kappa shape index (κ2) is 13.9. The monoisotopic (exact) mass is 471 g/mol. The third-order valence-corrected chi connectivity index (χ3v) is 5.40. The molecule has 0 aliphatic heterocycles. The Morgan fingerprint density at radius 1 is 0.909 bits per heavy atom. The lowest BCUT2D eigenvalue weighted by molar-refractivity contribution is -0.129. The topological polar surface area (TPSA) is 114 Å². The first-order chi connectivity index (χ1) is 15.9. The van der Waals surface area contributed by atoms with Gasteiger partial charge >= 0.3 is 6.09 Å². The van der Waals surface area contributed by atoms with Gasteiger partial charge in [0, 0.05) is 6.42 Å². The molecule has 0 spiro atoms. The van der Waals surface area contributed by atoms with Crippen LogP contribution in [-0.4, -0.2) is 47.4 Å². The van der Waals surface area contributed by atoms with Gasteiger partial charge < -0.3 is 20.7 Å². The number of ether oxygens (including phenoxy) is 1. The molecule has 33 heavy (non-hydrogen) atoms. The van der Waals surface area contributed by atoms with E-state index in [9.17, 15) is 19.2 Å². The van der Waals surface area contributed by atoms with Crippen molar-refractivity contribution in [3.63, 3.8) is 0 Å². The summed E-state index contributed by atoms with van der Waals surface area (Å²) in [6.07, 6.45) is -0.385. The molecule has 0 bridgehead atoms. The van der Waals surface area contributed by atoms with Gasteiger partial charge in [-0.15, -0.1) is 0 Å². The average molecular weight is 472 g/mol. The van der Waals surface area contributed by atoms with Crippen LogP contribution in [0.15, 0.2) is 60.7 Å². The molecule has 176 valence electrons. The Balaban J connectivity index is 1.79. The number of alkyl carbamates (subject to hydrolysis) is 1. The van der Waals surface area contributed by atoms with E-state index >= 15 is 0 Å². The summed E-state index contributed by atoms with van der Waals surface area (Å²) in [4.78, 5) is 48.9. The zero-order valence-electron chi connectivity index (χ0n) is 18.7. The third-order valence-electron chi connectivity index (χ3n) is 4.55. The third kappa shape index (κ3) is 9.78. The summed E-state index contributed by atoms with van der Waals surface area (Å²) in [7, 11) is 0. The zero-order chi connectivity index (χ0) is 24.1. The van der Waals surface area contributed by atoms with Crippen molar-refractivity contribution in [3.05, 3.63) is 71.8 Å². The van der Waals surface area contributed by atoms with Crippen LogP contribution in [0.25, 0.3) is 0 Å². The van der Waals surface area contributed by atoms with Crippen LogP contribution < -0.4 is 16.0 Å². The Kier molecular flexibility index (Phi) is 11.0. The molecular weight excluding hydrogens is 442 g/mol. The van der Waals surface area contributed by atoms with Gasteiger partial charge in [0.15, 0.2) is 0 Å². The highest BCUT2D eigenvalue weighted by Crippen LogP contribution is 2.11. The van der Waals surface area contributed by atoms with Crippen molar-refractivity contribution in [2.24, 2.45) is 0 Å². The Bertz CT molecular complexity index is 924. The molecule has 0 aliphatic carbocycles. The number of rotatable bonds is 11. The van der Waals surface area contributed by atoms with E-state index in [1.807, 2.05) is 67.6 Å². The molecule has 9 heteroatoms. The van der Waals surface area contributed by atoms with Gasteiger partial charge in [0.1, 0.15) is 25.2 Å². The summed E-state index contributed by atoms with van der Waals surface area (Å²) in [6, 6.07) is 16.9. The molecular formula is C24H29N3O5S. The molecule has 0 radical (unpaired) electrons. The van der Waals surface area contributed by atoms with E-state index in [2.05, 4.69) is 16.0 Å². The molecule has 8 nitrogen and oxygen atoms in total. The molecule has 3 amide bonds. The summed E-state index contributed by atoms with van der Waals surface area (Å²) in [5.41, 5.74) is 1.74. The number of nitrogens with one attached hydrogen (secondary N) is 3. The fourth-order valence-electron chi connectivity index (χ4n) is 2.87. The van der Waals surface area contributed by atoms with Gasteiger partial charge in [-0.1, -0.05) is 79.3 Å². The molecule has 2 aromatic carbocycles. The highest BCUT2D eigenvalue weighted by molar-refractivity contribution is 8.13. The summed E-state index contributed by atoms with van der Waals surface area (Å²) in [5, 5.41) is 7.43. The maximum atomic E-state index is 12.6. The molecule has 0 aliphatic rings. The van der Waals surface area contributed by atoms with Crippen molar-refractivity contribution in [1.82, 2.24) is 16.0 Å². The fraction of sp³-hybridized carbons (Fsp3) is 0.333. The Morgan fingerprint density at radius 2 is 1.52 bits per heavy atom. The first-order valence-corrected chi connectivity index (χ1v) is 11.6. The minimum atomic E-state index is -0.891. The summed E-state index contributed by atoms with van der Waals surface area (Å²) in [6.45, 7) is 3.12. The van der Waals surface area contributed by atoms with E-state index in [0.717, 1.165) is 22.9 Å². The number of hydrogen-bond donors (Lipinski definition) is 3. The largest absolute Gasteiger partial charge is 0.445 e. The predicted octanol–water partition coefficient (Wildman–Crippen LogP) is 2.42. The smallest absolute Gasteiger partial charge is 0.407 e. The van der Waals surface area contributed by atoms with Crippen molar-refractivity contribution in [3.8, 4) is 0 Å². The second-order valence-electron chi connectivity index (χ2n) is 7.21. The zero-order valence-corrected chi connectivity index (χ0v) is 19.5. The van der Waals surface area contributed by atoms with Gasteiger partial charge in [-0.2, -0.15) is 0 Å². The number of thioether (sulfide) groups is 1. The van der Waals surface area contributed by atoms with Gasteiger partial charge in [-0.25, -0.2) is 4.79 Å². The molecule has 0 fully saturated rings. The lowest BCUT2D eigenvalue weighted by atomic mass is 10.1.